The molecule has 4 aliphatic carbocycles. The Labute approximate surface area is 205 Å². The third-order valence-electron chi connectivity index (χ3n) is 9.36. The van der Waals surface area contributed by atoms with Crippen LogP contribution in [0.25, 0.3) is 0 Å². The molecule has 1 unspecified atom stereocenters. The third-order valence-corrected chi connectivity index (χ3v) is 9.36. The monoisotopic (exact) mass is 492 g/mol. The maximum absolute atomic E-state index is 17.1. The summed E-state index contributed by atoms with van der Waals surface area (Å²) >= 11 is 0. The van der Waals surface area contributed by atoms with Gasteiger partial charge in [0.1, 0.15) is 12.9 Å². The maximum atomic E-state index is 17.1. The molecule has 35 heavy (non-hydrogen) atoms. The minimum Gasteiger partial charge on any atom is -0.390 e. The predicted molar refractivity (Wildman–Crippen MR) is 125 cm³/mol. The van der Waals surface area contributed by atoms with Gasteiger partial charge in [-0.05, 0) is 64.5 Å². The Morgan fingerprint density at radius 1 is 1.26 bits per heavy atom. The second-order valence-electron chi connectivity index (χ2n) is 11.5. The van der Waals surface area contributed by atoms with Crippen LogP contribution in [0.3, 0.4) is 0 Å². The Hall–Kier alpha value is -1.74. The van der Waals surface area contributed by atoms with Crippen molar-refractivity contribution in [2.75, 3.05) is 6.61 Å². The highest BCUT2D eigenvalue weighted by molar-refractivity contribution is 6.01. The maximum Gasteiger partial charge on any atom is 0.193 e. The number of halogens is 1. The molecule has 0 amide bonds. The molecule has 8 atom stereocenters. The van der Waals surface area contributed by atoms with E-state index in [-0.39, 0.29) is 18.1 Å². The standard InChI is InChI=1S/C24H31FO6.C3H6O/c1-20(2)30-19-10-16-15-6-5-13-9-14(27)7-8-21(13,3)23(15,25)17(28)11-22(16,4)24(19,31-20)18(29)12-26;1-2-3-4/h7-9,15-17,19,26,28H,5-6,10-12H2,1-4H3;3H,2H2,1H3/t15-,16-,17-,19+,21-,22-,23?,24+;/m0./s1. The number of ketones is 2. The van der Waals surface area contributed by atoms with Gasteiger partial charge in [-0.15, -0.1) is 0 Å². The van der Waals surface area contributed by atoms with E-state index >= 15 is 4.39 Å². The van der Waals surface area contributed by atoms with E-state index in [0.717, 1.165) is 11.9 Å². The highest BCUT2D eigenvalue weighted by Crippen LogP contribution is 2.72. The molecule has 1 saturated heterocycles. The summed E-state index contributed by atoms with van der Waals surface area (Å²) in [7, 11) is 0. The number of aliphatic hydroxyl groups excluding tert-OH is 2. The fraction of sp³-hybridized carbons (Fsp3) is 0.741. The minimum atomic E-state index is -1.98. The summed E-state index contributed by atoms with van der Waals surface area (Å²) in [6.07, 6.45) is 5.51. The molecule has 0 bridgehead atoms. The predicted octanol–water partition coefficient (Wildman–Crippen LogP) is 3.01. The van der Waals surface area contributed by atoms with E-state index in [1.54, 1.807) is 26.8 Å². The average molecular weight is 493 g/mol. The van der Waals surface area contributed by atoms with Gasteiger partial charge in [0, 0.05) is 23.2 Å². The molecule has 5 aliphatic rings. The molecular formula is C27H37FO7. The van der Waals surface area contributed by atoms with Crippen LogP contribution < -0.4 is 0 Å². The Kier molecular flexibility index (Phi) is 6.32. The number of rotatable bonds is 3. The van der Waals surface area contributed by atoms with E-state index in [2.05, 4.69) is 0 Å². The van der Waals surface area contributed by atoms with Crippen molar-refractivity contribution in [3.05, 3.63) is 23.8 Å². The lowest BCUT2D eigenvalue weighted by atomic mass is 9.44. The largest absolute Gasteiger partial charge is 0.390 e. The van der Waals surface area contributed by atoms with Gasteiger partial charge in [-0.3, -0.25) is 9.59 Å². The van der Waals surface area contributed by atoms with Gasteiger partial charge in [0.2, 0.25) is 0 Å². The summed E-state index contributed by atoms with van der Waals surface area (Å²) in [5.74, 6) is -2.46. The molecule has 0 radical (unpaired) electrons. The molecule has 2 N–H and O–H groups in total. The average Bonchev–Trinajstić information content (AvgIpc) is 3.21. The lowest BCUT2D eigenvalue weighted by Crippen LogP contribution is -2.70. The Balaban J connectivity index is 0.000000672. The van der Waals surface area contributed by atoms with Crippen LogP contribution in [0.5, 0.6) is 0 Å². The summed E-state index contributed by atoms with van der Waals surface area (Å²) in [5.41, 5.74) is -4.66. The van der Waals surface area contributed by atoms with Crippen molar-refractivity contribution in [3.63, 3.8) is 0 Å². The molecule has 194 valence electrons. The van der Waals surface area contributed by atoms with Crippen molar-refractivity contribution < 1.29 is 38.5 Å². The number of fused-ring (bicyclic) bond motifs is 7. The minimum absolute atomic E-state index is 0.0109. The second-order valence-corrected chi connectivity index (χ2v) is 11.5. The summed E-state index contributed by atoms with van der Waals surface area (Å²) in [4.78, 5) is 34.3. The van der Waals surface area contributed by atoms with Crippen LogP contribution in [0, 0.1) is 22.7 Å². The number of aldehydes is 1. The number of alkyl halides is 1. The molecule has 0 spiro atoms. The first-order valence-electron chi connectivity index (χ1n) is 12.5. The topological polar surface area (TPSA) is 110 Å². The van der Waals surface area contributed by atoms with Crippen molar-refractivity contribution in [1.82, 2.24) is 0 Å². The van der Waals surface area contributed by atoms with Crippen LogP contribution in [0.15, 0.2) is 23.8 Å². The van der Waals surface area contributed by atoms with Gasteiger partial charge in [-0.1, -0.05) is 25.5 Å². The van der Waals surface area contributed by atoms with Crippen molar-refractivity contribution in [3.8, 4) is 0 Å². The van der Waals surface area contributed by atoms with Crippen LogP contribution in [0.2, 0.25) is 0 Å². The van der Waals surface area contributed by atoms with E-state index in [9.17, 15) is 24.6 Å². The summed E-state index contributed by atoms with van der Waals surface area (Å²) < 4.78 is 29.5. The summed E-state index contributed by atoms with van der Waals surface area (Å²) in [6.45, 7) is 8.23. The van der Waals surface area contributed by atoms with Crippen LogP contribution >= 0.6 is 0 Å². The van der Waals surface area contributed by atoms with Crippen LogP contribution in [0.1, 0.15) is 66.7 Å². The lowest BCUT2D eigenvalue weighted by Gasteiger charge is -2.62. The van der Waals surface area contributed by atoms with E-state index < -0.39 is 58.4 Å². The Morgan fingerprint density at radius 2 is 1.91 bits per heavy atom. The molecule has 1 heterocycles. The first-order valence-corrected chi connectivity index (χ1v) is 12.5. The number of hydrogen-bond donors (Lipinski definition) is 2. The number of ether oxygens (including phenoxy) is 2. The highest BCUT2D eigenvalue weighted by atomic mass is 19.1. The zero-order valence-corrected chi connectivity index (χ0v) is 21.2. The second kappa shape index (κ2) is 8.40. The van der Waals surface area contributed by atoms with Crippen LogP contribution in [0.4, 0.5) is 4.39 Å². The first kappa shape index (κ1) is 26.3. The van der Waals surface area contributed by atoms with Crippen molar-refractivity contribution in [2.24, 2.45) is 22.7 Å². The van der Waals surface area contributed by atoms with Crippen LogP contribution in [-0.2, 0) is 23.9 Å². The fourth-order valence-electron chi connectivity index (χ4n) is 7.93. The quantitative estimate of drug-likeness (QED) is 0.583. The third kappa shape index (κ3) is 3.32. The number of aliphatic hydroxyl groups is 2. The molecular weight excluding hydrogens is 455 g/mol. The van der Waals surface area contributed by atoms with Crippen molar-refractivity contribution >= 4 is 17.9 Å². The van der Waals surface area contributed by atoms with Gasteiger partial charge in [-0.25, -0.2) is 4.39 Å². The van der Waals surface area contributed by atoms with Gasteiger partial charge in [0.25, 0.3) is 0 Å². The summed E-state index contributed by atoms with van der Waals surface area (Å²) in [5, 5.41) is 21.2. The van der Waals surface area contributed by atoms with Gasteiger partial charge in [-0.2, -0.15) is 0 Å². The summed E-state index contributed by atoms with van der Waals surface area (Å²) in [6, 6.07) is 0. The van der Waals surface area contributed by atoms with E-state index in [1.807, 2.05) is 13.8 Å². The fourth-order valence-corrected chi connectivity index (χ4v) is 7.93. The van der Waals surface area contributed by atoms with Gasteiger partial charge in [0.05, 0.1) is 12.2 Å². The molecule has 0 aromatic rings. The molecule has 8 heteroatoms. The lowest BCUT2D eigenvalue weighted by molar-refractivity contribution is -0.246. The number of allylic oxidation sites excluding steroid dienone is 4. The van der Waals surface area contributed by atoms with E-state index in [4.69, 9.17) is 9.47 Å². The zero-order chi connectivity index (χ0) is 26.0. The Morgan fingerprint density at radius 3 is 2.51 bits per heavy atom. The molecule has 3 saturated carbocycles. The first-order chi connectivity index (χ1) is 16.3. The zero-order valence-electron chi connectivity index (χ0n) is 21.2. The molecule has 4 fully saturated rings. The normalized spacial score (nSPS) is 46.9. The van der Waals surface area contributed by atoms with Crippen LogP contribution in [-0.4, -0.2) is 63.9 Å². The smallest absolute Gasteiger partial charge is 0.193 e. The number of hydrogen-bond acceptors (Lipinski definition) is 7. The molecule has 1 aliphatic heterocycles. The number of carbonyl (C=O) groups excluding carboxylic acids is 3. The van der Waals surface area contributed by atoms with E-state index in [0.29, 0.717) is 25.7 Å². The van der Waals surface area contributed by atoms with Crippen molar-refractivity contribution in [2.45, 2.75) is 96.0 Å². The molecule has 0 aromatic carbocycles. The molecule has 7 nitrogen and oxygen atoms in total. The van der Waals surface area contributed by atoms with Gasteiger partial charge < -0.3 is 24.5 Å². The highest BCUT2D eigenvalue weighted by Gasteiger charge is 2.79. The van der Waals surface area contributed by atoms with Gasteiger partial charge in [0.15, 0.2) is 28.6 Å². The Bertz CT molecular complexity index is 988. The van der Waals surface area contributed by atoms with E-state index in [1.165, 1.54) is 12.2 Å². The SMILES string of the molecule is CC1(C)O[C@@H]2C[C@H]3[C@@H]4CCC5=CC(=O)C=C[C@]5(C)C4(F)[C@@H](O)C[C@]3(C)[C@]2(C(=O)CO)O1.CCC=O. The molecule has 0 aromatic heterocycles. The number of carbonyl (C=O) groups is 3. The van der Waals surface area contributed by atoms with Crippen molar-refractivity contribution in [1.29, 1.82) is 0 Å². The number of Topliss-reactive ketones (excluding diaryl/α,β-unsaturated/α-hetero) is 1. The van der Waals surface area contributed by atoms with Gasteiger partial charge >= 0.3 is 0 Å². The molecule has 5 rings (SSSR count).